The number of benzene rings is 1. The van der Waals surface area contributed by atoms with Crippen LogP contribution < -0.4 is 4.72 Å². The van der Waals surface area contributed by atoms with Crippen molar-refractivity contribution in [3.05, 3.63) is 29.3 Å². The highest BCUT2D eigenvalue weighted by Crippen LogP contribution is 2.32. The Morgan fingerprint density at radius 1 is 1.12 bits per heavy atom. The van der Waals surface area contributed by atoms with E-state index in [0.717, 1.165) is 12.1 Å². The highest BCUT2D eigenvalue weighted by Gasteiger charge is 2.29. The Labute approximate surface area is 99.5 Å². The maximum atomic E-state index is 13.4. The molecule has 0 saturated heterocycles. The summed E-state index contributed by atoms with van der Waals surface area (Å²) in [7, 11) is 0. The predicted molar refractivity (Wildman–Crippen MR) is 57.7 cm³/mol. The molecule has 96 valence electrons. The minimum atomic E-state index is -4.51. The van der Waals surface area contributed by atoms with E-state index < -0.39 is 29.1 Å². The van der Waals surface area contributed by atoms with Crippen LogP contribution >= 0.6 is 11.9 Å². The molecule has 7 heteroatoms. The number of halogens is 5. The Hall–Kier alpha value is -0.980. The van der Waals surface area contributed by atoms with E-state index in [1.54, 1.807) is 13.8 Å². The number of nitrogens with one attached hydrogen (secondary N) is 1. The molecule has 0 atom stereocenters. The Bertz CT molecular complexity index is 379. The summed E-state index contributed by atoms with van der Waals surface area (Å²) in [5.41, 5.74) is -4.90. The summed E-state index contributed by atoms with van der Waals surface area (Å²) >= 11 is -0.565. The van der Waals surface area contributed by atoms with Gasteiger partial charge in [-0.15, -0.1) is 0 Å². The lowest BCUT2D eigenvalue weighted by Gasteiger charge is -2.12. The normalized spacial score (nSPS) is 12.0. The molecule has 1 nitrogen and oxygen atoms in total. The molecule has 17 heavy (non-hydrogen) atoms. The van der Waals surface area contributed by atoms with E-state index in [1.165, 1.54) is 0 Å². The molecular weight excluding hydrogens is 261 g/mol. The first-order valence-electron chi connectivity index (χ1n) is 4.70. The maximum Gasteiger partial charge on any atom is 0.461 e. The molecule has 0 aliphatic rings. The third kappa shape index (κ3) is 4.07. The van der Waals surface area contributed by atoms with Gasteiger partial charge in [0, 0.05) is 5.56 Å². The Morgan fingerprint density at radius 2 is 1.59 bits per heavy atom. The van der Waals surface area contributed by atoms with Crippen LogP contribution in [0.2, 0.25) is 0 Å². The van der Waals surface area contributed by atoms with Gasteiger partial charge in [-0.25, -0.2) is 8.78 Å². The lowest BCUT2D eigenvalue weighted by molar-refractivity contribution is -0.0323. The van der Waals surface area contributed by atoms with Crippen LogP contribution in [0.25, 0.3) is 0 Å². The summed E-state index contributed by atoms with van der Waals surface area (Å²) in [4.78, 5) is 0. The van der Waals surface area contributed by atoms with Gasteiger partial charge >= 0.3 is 5.51 Å². The highest BCUT2D eigenvalue weighted by atomic mass is 32.2. The molecule has 1 rings (SSSR count). The molecule has 1 N–H and O–H groups in total. The van der Waals surface area contributed by atoms with Crippen molar-refractivity contribution in [3.63, 3.8) is 0 Å². The monoisotopic (exact) mass is 271 g/mol. The molecular formula is C10H10F5NS. The first-order chi connectivity index (χ1) is 7.70. The standard InChI is InChI=1S/C10H10F5NS/c1-5(2)9-7(11)3-6(4-8(9)12)16-17-10(13,14)15/h3-5,16H,1-2H3. The van der Waals surface area contributed by atoms with E-state index in [0.29, 0.717) is 0 Å². The molecule has 0 heterocycles. The second-order valence-electron chi connectivity index (χ2n) is 3.66. The largest absolute Gasteiger partial charge is 0.461 e. The Balaban J connectivity index is 2.91. The molecule has 1 aromatic carbocycles. The molecule has 0 fully saturated rings. The molecule has 1 aromatic rings. The van der Waals surface area contributed by atoms with Gasteiger partial charge in [-0.05, 0) is 18.1 Å². The fraction of sp³-hybridized carbons (Fsp3) is 0.400. The first-order valence-corrected chi connectivity index (χ1v) is 5.52. The average molecular weight is 271 g/mol. The lowest BCUT2D eigenvalue weighted by Crippen LogP contribution is -2.06. The van der Waals surface area contributed by atoms with Gasteiger partial charge in [0.1, 0.15) is 11.6 Å². The van der Waals surface area contributed by atoms with Crippen molar-refractivity contribution in [1.29, 1.82) is 0 Å². The van der Waals surface area contributed by atoms with Crippen LogP contribution in [0.3, 0.4) is 0 Å². The summed E-state index contributed by atoms with van der Waals surface area (Å²) in [6, 6.07) is 1.69. The van der Waals surface area contributed by atoms with Crippen LogP contribution in [-0.4, -0.2) is 5.51 Å². The van der Waals surface area contributed by atoms with Crippen LogP contribution in [0, 0.1) is 11.6 Å². The van der Waals surface area contributed by atoms with Crippen LogP contribution in [0.1, 0.15) is 25.3 Å². The average Bonchev–Trinajstić information content (AvgIpc) is 2.11. The molecule has 0 aromatic heterocycles. The van der Waals surface area contributed by atoms with Crippen molar-refractivity contribution >= 4 is 17.6 Å². The molecule has 0 unspecified atom stereocenters. The molecule has 0 spiro atoms. The minimum absolute atomic E-state index is 0.132. The zero-order valence-corrected chi connectivity index (χ0v) is 9.85. The molecule has 0 aliphatic carbocycles. The van der Waals surface area contributed by atoms with Gasteiger partial charge in [0.05, 0.1) is 17.6 Å². The Morgan fingerprint density at radius 3 is 1.94 bits per heavy atom. The van der Waals surface area contributed by atoms with Gasteiger partial charge < -0.3 is 4.72 Å². The van der Waals surface area contributed by atoms with Crippen molar-refractivity contribution < 1.29 is 22.0 Å². The van der Waals surface area contributed by atoms with E-state index in [-0.39, 0.29) is 17.2 Å². The highest BCUT2D eigenvalue weighted by molar-refractivity contribution is 8.01. The van der Waals surface area contributed by atoms with E-state index in [1.807, 2.05) is 4.72 Å². The third-order valence-corrected chi connectivity index (χ3v) is 2.51. The quantitative estimate of drug-likeness (QED) is 0.633. The van der Waals surface area contributed by atoms with Gasteiger partial charge in [0.15, 0.2) is 0 Å². The van der Waals surface area contributed by atoms with Crippen molar-refractivity contribution in [2.45, 2.75) is 25.3 Å². The lowest BCUT2D eigenvalue weighted by atomic mass is 10.0. The predicted octanol–water partition coefficient (Wildman–Crippen LogP) is 4.67. The van der Waals surface area contributed by atoms with Crippen molar-refractivity contribution in [2.24, 2.45) is 0 Å². The second kappa shape index (κ2) is 5.12. The zero-order valence-electron chi connectivity index (χ0n) is 9.03. The minimum Gasteiger partial charge on any atom is -0.322 e. The van der Waals surface area contributed by atoms with Crippen LogP contribution in [0.4, 0.5) is 27.6 Å². The summed E-state index contributed by atoms with van der Waals surface area (Å²) in [6.07, 6.45) is 0. The zero-order chi connectivity index (χ0) is 13.2. The van der Waals surface area contributed by atoms with E-state index in [9.17, 15) is 22.0 Å². The topological polar surface area (TPSA) is 12.0 Å². The van der Waals surface area contributed by atoms with Gasteiger partial charge in [-0.3, -0.25) is 0 Å². The smallest absolute Gasteiger partial charge is 0.322 e. The number of hydrogen-bond donors (Lipinski definition) is 1. The molecule has 0 aliphatic heterocycles. The van der Waals surface area contributed by atoms with Crippen molar-refractivity contribution in [1.82, 2.24) is 0 Å². The van der Waals surface area contributed by atoms with Crippen molar-refractivity contribution in [2.75, 3.05) is 4.72 Å². The maximum absolute atomic E-state index is 13.4. The fourth-order valence-electron chi connectivity index (χ4n) is 1.31. The summed E-state index contributed by atoms with van der Waals surface area (Å²) in [5.74, 6) is -2.09. The third-order valence-electron chi connectivity index (χ3n) is 1.94. The number of hydrogen-bond acceptors (Lipinski definition) is 2. The SMILES string of the molecule is CC(C)c1c(F)cc(NSC(F)(F)F)cc1F. The summed E-state index contributed by atoms with van der Waals surface area (Å²) in [5, 5.41) is 0. The number of rotatable bonds is 3. The summed E-state index contributed by atoms with van der Waals surface area (Å²) < 4.78 is 64.3. The van der Waals surface area contributed by atoms with E-state index in [4.69, 9.17) is 0 Å². The number of anilines is 1. The second-order valence-corrected chi connectivity index (χ2v) is 4.53. The van der Waals surface area contributed by atoms with E-state index >= 15 is 0 Å². The van der Waals surface area contributed by atoms with E-state index in [2.05, 4.69) is 0 Å². The summed E-state index contributed by atoms with van der Waals surface area (Å²) in [6.45, 7) is 3.19. The van der Waals surface area contributed by atoms with Gasteiger partial charge in [-0.2, -0.15) is 13.2 Å². The number of alkyl halides is 3. The van der Waals surface area contributed by atoms with Crippen molar-refractivity contribution in [3.8, 4) is 0 Å². The Kier molecular flexibility index (Phi) is 4.24. The van der Waals surface area contributed by atoms with Crippen LogP contribution in [0.5, 0.6) is 0 Å². The van der Waals surface area contributed by atoms with Crippen LogP contribution in [-0.2, 0) is 0 Å². The van der Waals surface area contributed by atoms with Gasteiger partial charge in [0.2, 0.25) is 0 Å². The van der Waals surface area contributed by atoms with Crippen LogP contribution in [0.15, 0.2) is 12.1 Å². The fourth-order valence-corrected chi connectivity index (χ4v) is 1.66. The van der Waals surface area contributed by atoms with Gasteiger partial charge in [-0.1, -0.05) is 13.8 Å². The van der Waals surface area contributed by atoms with Gasteiger partial charge in [0.25, 0.3) is 0 Å². The molecule has 0 saturated carbocycles. The molecule has 0 radical (unpaired) electrons. The first kappa shape index (κ1) is 14.1. The molecule has 0 amide bonds. The molecule has 0 bridgehead atoms.